The van der Waals surface area contributed by atoms with Crippen LogP contribution in [0, 0.1) is 19.3 Å². The van der Waals surface area contributed by atoms with Crippen LogP contribution in [0.2, 0.25) is 0 Å². The number of imidazole rings is 1. The van der Waals surface area contributed by atoms with Gasteiger partial charge in [0.2, 0.25) is 0 Å². The number of aromatic nitrogens is 3. The van der Waals surface area contributed by atoms with Crippen LogP contribution in [0.15, 0.2) is 35.3 Å². The van der Waals surface area contributed by atoms with Crippen LogP contribution >= 0.6 is 0 Å². The van der Waals surface area contributed by atoms with Crippen molar-refractivity contribution in [2.45, 2.75) is 59.9 Å². The number of nitrogens with zero attached hydrogens (tertiary/aromatic N) is 3. The highest BCUT2D eigenvalue weighted by Crippen LogP contribution is 2.37. The summed E-state index contributed by atoms with van der Waals surface area (Å²) in [6.07, 6.45) is 3.05. The van der Waals surface area contributed by atoms with E-state index in [-0.39, 0.29) is 34.4 Å². The first kappa shape index (κ1) is 23.4. The zero-order valence-electron chi connectivity index (χ0n) is 19.9. The van der Waals surface area contributed by atoms with Crippen molar-refractivity contribution in [2.24, 2.45) is 5.41 Å². The summed E-state index contributed by atoms with van der Waals surface area (Å²) in [5.74, 6) is 0.247. The molecule has 1 aliphatic rings. The van der Waals surface area contributed by atoms with Crippen LogP contribution in [0.1, 0.15) is 67.7 Å². The number of carbonyl (C=O) groups is 1. The molecule has 0 saturated carbocycles. The number of ketones is 1. The SMILES string of the molecule is Cc1cc(-n2c(=O)n(C(C)C)c3cc(C(=O)CC4(C)CCS(=O)(=O)CC4)ccc32)c(C)cn1. The summed E-state index contributed by atoms with van der Waals surface area (Å²) in [7, 11) is -2.99. The first-order chi connectivity index (χ1) is 15.4. The number of benzene rings is 1. The number of hydrogen-bond acceptors (Lipinski definition) is 5. The highest BCUT2D eigenvalue weighted by molar-refractivity contribution is 7.91. The Morgan fingerprint density at radius 3 is 2.42 bits per heavy atom. The molecule has 1 fully saturated rings. The maximum atomic E-state index is 13.5. The van der Waals surface area contributed by atoms with E-state index < -0.39 is 9.84 Å². The fraction of sp³-hybridized carbons (Fsp3) is 0.480. The van der Waals surface area contributed by atoms with Gasteiger partial charge in [0.1, 0.15) is 9.84 Å². The molecule has 2 aromatic heterocycles. The lowest BCUT2D eigenvalue weighted by atomic mass is 9.78. The minimum atomic E-state index is -2.99. The van der Waals surface area contributed by atoms with Crippen molar-refractivity contribution in [2.75, 3.05) is 11.5 Å². The topological polar surface area (TPSA) is 91.0 Å². The third kappa shape index (κ3) is 4.40. The summed E-state index contributed by atoms with van der Waals surface area (Å²) >= 11 is 0. The van der Waals surface area contributed by atoms with E-state index >= 15 is 0 Å². The number of fused-ring (bicyclic) bond motifs is 1. The van der Waals surface area contributed by atoms with Crippen molar-refractivity contribution in [3.63, 3.8) is 0 Å². The third-order valence-corrected chi connectivity index (χ3v) is 8.44. The number of sulfone groups is 1. The maximum Gasteiger partial charge on any atom is 0.333 e. The van der Waals surface area contributed by atoms with E-state index in [0.717, 1.165) is 22.5 Å². The molecule has 7 nitrogen and oxygen atoms in total. The molecule has 33 heavy (non-hydrogen) atoms. The van der Waals surface area contributed by atoms with E-state index in [1.54, 1.807) is 21.4 Å². The molecular weight excluding hydrogens is 438 g/mol. The Morgan fingerprint density at radius 2 is 1.79 bits per heavy atom. The molecule has 0 atom stereocenters. The third-order valence-electron chi connectivity index (χ3n) is 6.78. The lowest BCUT2D eigenvalue weighted by molar-refractivity contribution is 0.0911. The summed E-state index contributed by atoms with van der Waals surface area (Å²) in [5.41, 5.74) is 4.03. The van der Waals surface area contributed by atoms with Crippen molar-refractivity contribution in [1.29, 1.82) is 0 Å². The Morgan fingerprint density at radius 1 is 1.12 bits per heavy atom. The van der Waals surface area contributed by atoms with Crippen LogP contribution in [0.4, 0.5) is 0 Å². The molecule has 0 bridgehead atoms. The average Bonchev–Trinajstić information content (AvgIpc) is 3.03. The van der Waals surface area contributed by atoms with Gasteiger partial charge in [0, 0.05) is 29.9 Å². The zero-order valence-corrected chi connectivity index (χ0v) is 20.7. The fourth-order valence-corrected chi connectivity index (χ4v) is 6.49. The largest absolute Gasteiger partial charge is 0.333 e. The van der Waals surface area contributed by atoms with E-state index in [4.69, 9.17) is 0 Å². The maximum absolute atomic E-state index is 13.5. The molecule has 1 aromatic carbocycles. The van der Waals surface area contributed by atoms with Gasteiger partial charge >= 0.3 is 5.69 Å². The number of pyridine rings is 1. The van der Waals surface area contributed by atoms with Gasteiger partial charge in [-0.1, -0.05) is 6.92 Å². The molecule has 0 radical (unpaired) electrons. The molecule has 0 amide bonds. The highest BCUT2D eigenvalue weighted by atomic mass is 32.2. The van der Waals surface area contributed by atoms with Gasteiger partial charge < -0.3 is 0 Å². The molecule has 1 saturated heterocycles. The van der Waals surface area contributed by atoms with Crippen molar-refractivity contribution in [3.05, 3.63) is 57.8 Å². The van der Waals surface area contributed by atoms with Crippen LogP contribution in [-0.2, 0) is 9.84 Å². The Hall–Kier alpha value is -2.74. The number of carbonyl (C=O) groups excluding carboxylic acids is 1. The molecule has 176 valence electrons. The highest BCUT2D eigenvalue weighted by Gasteiger charge is 2.35. The van der Waals surface area contributed by atoms with Crippen LogP contribution in [0.25, 0.3) is 16.7 Å². The average molecular weight is 470 g/mol. The molecule has 3 heterocycles. The molecule has 1 aliphatic heterocycles. The summed E-state index contributed by atoms with van der Waals surface area (Å²) in [6.45, 7) is 9.72. The van der Waals surface area contributed by atoms with Gasteiger partial charge in [0.15, 0.2) is 5.78 Å². The van der Waals surface area contributed by atoms with E-state index in [1.807, 2.05) is 52.8 Å². The first-order valence-electron chi connectivity index (χ1n) is 11.3. The number of aryl methyl sites for hydroxylation is 2. The fourth-order valence-electron chi connectivity index (χ4n) is 4.68. The summed E-state index contributed by atoms with van der Waals surface area (Å²) in [6, 6.07) is 7.24. The van der Waals surface area contributed by atoms with Crippen molar-refractivity contribution < 1.29 is 13.2 Å². The summed E-state index contributed by atoms with van der Waals surface area (Å²) in [5, 5.41) is 0. The van der Waals surface area contributed by atoms with E-state index in [0.29, 0.717) is 30.3 Å². The lowest BCUT2D eigenvalue weighted by Gasteiger charge is -2.32. The van der Waals surface area contributed by atoms with Gasteiger partial charge in [-0.05, 0) is 75.8 Å². The van der Waals surface area contributed by atoms with Gasteiger partial charge in [-0.3, -0.25) is 18.9 Å². The van der Waals surface area contributed by atoms with E-state index in [1.165, 1.54) is 0 Å². The molecule has 0 unspecified atom stereocenters. The minimum Gasteiger partial charge on any atom is -0.294 e. The Bertz CT molecular complexity index is 1400. The van der Waals surface area contributed by atoms with Gasteiger partial charge in [-0.15, -0.1) is 0 Å². The number of Topliss-reactive ketones (excluding diaryl/α,β-unsaturated/α-hetero) is 1. The molecule has 0 N–H and O–H groups in total. The Labute approximate surface area is 194 Å². The number of rotatable bonds is 5. The van der Waals surface area contributed by atoms with Gasteiger partial charge in [0.25, 0.3) is 0 Å². The molecule has 4 rings (SSSR count). The molecule has 0 aliphatic carbocycles. The van der Waals surface area contributed by atoms with Crippen LogP contribution in [-0.4, -0.2) is 39.8 Å². The van der Waals surface area contributed by atoms with Crippen LogP contribution in [0.3, 0.4) is 0 Å². The second-order valence-electron chi connectivity index (χ2n) is 9.96. The Kier molecular flexibility index (Phi) is 5.85. The lowest BCUT2D eigenvalue weighted by Crippen LogP contribution is -2.33. The normalized spacial score (nSPS) is 17.5. The second kappa shape index (κ2) is 8.24. The smallest absolute Gasteiger partial charge is 0.294 e. The Balaban J connectivity index is 1.78. The van der Waals surface area contributed by atoms with Crippen LogP contribution in [0.5, 0.6) is 0 Å². The van der Waals surface area contributed by atoms with Crippen molar-refractivity contribution in [1.82, 2.24) is 14.1 Å². The first-order valence-corrected chi connectivity index (χ1v) is 13.2. The molecule has 0 spiro atoms. The van der Waals surface area contributed by atoms with E-state index in [2.05, 4.69) is 4.98 Å². The monoisotopic (exact) mass is 469 g/mol. The molecule has 8 heteroatoms. The van der Waals surface area contributed by atoms with Crippen molar-refractivity contribution in [3.8, 4) is 5.69 Å². The summed E-state index contributed by atoms with van der Waals surface area (Å²) < 4.78 is 27.0. The summed E-state index contributed by atoms with van der Waals surface area (Å²) in [4.78, 5) is 31.0. The standard InChI is InChI=1S/C25H31N3O4S/c1-16(2)27-22-13-19(23(29)14-25(5)8-10-33(31,32)11-9-25)6-7-20(22)28(24(27)30)21-12-18(4)26-15-17(21)3/h6-7,12-13,15-16H,8-11,14H2,1-5H3. The van der Waals surface area contributed by atoms with Gasteiger partial charge in [-0.25, -0.2) is 13.2 Å². The number of hydrogen-bond donors (Lipinski definition) is 0. The quantitative estimate of drug-likeness (QED) is 0.523. The predicted octanol–water partition coefficient (Wildman–Crippen LogP) is 4.17. The van der Waals surface area contributed by atoms with Gasteiger partial charge in [-0.2, -0.15) is 0 Å². The van der Waals surface area contributed by atoms with Crippen LogP contribution < -0.4 is 5.69 Å². The van der Waals surface area contributed by atoms with Gasteiger partial charge in [0.05, 0.1) is 28.2 Å². The molecule has 3 aromatic rings. The molecular formula is C25H31N3O4S. The minimum absolute atomic E-state index is 0.0230. The predicted molar refractivity (Wildman–Crippen MR) is 130 cm³/mol. The van der Waals surface area contributed by atoms with E-state index in [9.17, 15) is 18.0 Å². The zero-order chi connectivity index (χ0) is 24.1. The van der Waals surface area contributed by atoms with Crippen molar-refractivity contribution >= 4 is 26.7 Å². The second-order valence-corrected chi connectivity index (χ2v) is 12.3.